The second-order valence-corrected chi connectivity index (χ2v) is 4.07. The van der Waals surface area contributed by atoms with Crippen molar-refractivity contribution in [3.63, 3.8) is 0 Å². The topological polar surface area (TPSA) is 59.1 Å². The summed E-state index contributed by atoms with van der Waals surface area (Å²) in [5.74, 6) is 0.504. The number of aromatic nitrogens is 2. The first kappa shape index (κ1) is 14.9. The van der Waals surface area contributed by atoms with E-state index in [4.69, 9.17) is 4.74 Å². The number of alkyl halides is 3. The molecule has 0 unspecified atom stereocenters. The van der Waals surface area contributed by atoms with Gasteiger partial charge in [-0.25, -0.2) is 4.98 Å². The molecule has 1 aromatic carbocycles. The number of methoxy groups -OCH3 is 1. The molecule has 0 amide bonds. The van der Waals surface area contributed by atoms with E-state index in [0.29, 0.717) is 11.4 Å². The fourth-order valence-electron chi connectivity index (χ4n) is 1.62. The number of anilines is 3. The molecule has 2 rings (SSSR count). The van der Waals surface area contributed by atoms with Crippen LogP contribution in [0.1, 0.15) is 5.69 Å². The van der Waals surface area contributed by atoms with E-state index in [-0.39, 0.29) is 11.8 Å². The Morgan fingerprint density at radius 1 is 1.14 bits per heavy atom. The van der Waals surface area contributed by atoms with Crippen molar-refractivity contribution in [1.29, 1.82) is 0 Å². The summed E-state index contributed by atoms with van der Waals surface area (Å²) in [5.41, 5.74) is -0.463. The minimum Gasteiger partial charge on any atom is -0.497 e. The second-order valence-electron chi connectivity index (χ2n) is 4.07. The third-order valence-electron chi connectivity index (χ3n) is 2.58. The Hall–Kier alpha value is -2.51. The summed E-state index contributed by atoms with van der Waals surface area (Å²) in [6.07, 6.45) is -4.54. The zero-order valence-electron chi connectivity index (χ0n) is 11.3. The first-order valence-electron chi connectivity index (χ1n) is 5.97. The largest absolute Gasteiger partial charge is 0.497 e. The van der Waals surface area contributed by atoms with Crippen molar-refractivity contribution in [2.45, 2.75) is 6.18 Å². The molecule has 0 aliphatic carbocycles. The van der Waals surface area contributed by atoms with Gasteiger partial charge in [0.25, 0.3) is 0 Å². The summed E-state index contributed by atoms with van der Waals surface area (Å²) in [6, 6.07) is 7.63. The highest BCUT2D eigenvalue weighted by atomic mass is 19.4. The average Bonchev–Trinajstić information content (AvgIpc) is 2.46. The lowest BCUT2D eigenvalue weighted by Gasteiger charge is -2.12. The van der Waals surface area contributed by atoms with Crippen LogP contribution in [-0.2, 0) is 6.18 Å². The zero-order chi connectivity index (χ0) is 15.5. The minimum atomic E-state index is -4.54. The maximum absolute atomic E-state index is 12.8. The smallest absolute Gasteiger partial charge is 0.433 e. The van der Waals surface area contributed by atoms with Gasteiger partial charge in [-0.3, -0.25) is 0 Å². The third kappa shape index (κ3) is 3.74. The summed E-state index contributed by atoms with van der Waals surface area (Å²) in [5, 5.41) is 5.30. The Labute approximate surface area is 119 Å². The molecule has 0 aliphatic rings. The van der Waals surface area contributed by atoms with Crippen molar-refractivity contribution in [2.24, 2.45) is 0 Å². The van der Waals surface area contributed by atoms with E-state index < -0.39 is 11.9 Å². The molecule has 0 radical (unpaired) electrons. The fourth-order valence-corrected chi connectivity index (χ4v) is 1.62. The van der Waals surface area contributed by atoms with Gasteiger partial charge in [-0.2, -0.15) is 18.2 Å². The molecule has 8 heteroatoms. The molecule has 0 fully saturated rings. The number of halogens is 3. The van der Waals surface area contributed by atoms with E-state index in [0.717, 1.165) is 6.07 Å². The standard InChI is InChI=1S/C13H13F3N4O/c1-17-12-19-10(13(14,15)16)7-11(20-12)18-8-4-3-5-9(6-8)21-2/h3-7H,1-2H3,(H2,17,18,19,20). The molecule has 2 aromatic rings. The van der Waals surface area contributed by atoms with Gasteiger partial charge < -0.3 is 15.4 Å². The number of benzene rings is 1. The van der Waals surface area contributed by atoms with Gasteiger partial charge in [0, 0.05) is 24.9 Å². The molecule has 1 aromatic heterocycles. The molecule has 0 spiro atoms. The Balaban J connectivity index is 2.34. The monoisotopic (exact) mass is 298 g/mol. The molecule has 0 bridgehead atoms. The van der Waals surface area contributed by atoms with Crippen LogP contribution >= 0.6 is 0 Å². The second kappa shape index (κ2) is 5.86. The van der Waals surface area contributed by atoms with Gasteiger partial charge in [-0.15, -0.1) is 0 Å². The predicted octanol–water partition coefficient (Wildman–Crippen LogP) is 3.29. The first-order chi connectivity index (χ1) is 9.92. The number of nitrogens with zero attached hydrogens (tertiary/aromatic N) is 2. The van der Waals surface area contributed by atoms with Crippen molar-refractivity contribution < 1.29 is 17.9 Å². The maximum atomic E-state index is 12.8. The Kier molecular flexibility index (Phi) is 4.15. The summed E-state index contributed by atoms with van der Waals surface area (Å²) in [7, 11) is 2.95. The zero-order valence-corrected chi connectivity index (χ0v) is 11.3. The number of nitrogens with one attached hydrogen (secondary N) is 2. The number of hydrogen-bond donors (Lipinski definition) is 2. The van der Waals surface area contributed by atoms with Crippen LogP contribution in [-0.4, -0.2) is 24.1 Å². The first-order valence-corrected chi connectivity index (χ1v) is 5.97. The summed E-state index contributed by atoms with van der Waals surface area (Å²) < 4.78 is 43.4. The van der Waals surface area contributed by atoms with E-state index in [1.807, 2.05) is 0 Å². The van der Waals surface area contributed by atoms with Crippen LogP contribution in [0.2, 0.25) is 0 Å². The van der Waals surface area contributed by atoms with Gasteiger partial charge in [-0.05, 0) is 12.1 Å². The SMILES string of the molecule is CNc1nc(Nc2cccc(OC)c2)cc(C(F)(F)F)n1. The maximum Gasteiger partial charge on any atom is 0.433 e. The van der Waals surface area contributed by atoms with E-state index >= 15 is 0 Å². The van der Waals surface area contributed by atoms with E-state index in [1.165, 1.54) is 14.2 Å². The quantitative estimate of drug-likeness (QED) is 0.907. The van der Waals surface area contributed by atoms with Crippen molar-refractivity contribution in [1.82, 2.24) is 9.97 Å². The van der Waals surface area contributed by atoms with E-state index in [9.17, 15) is 13.2 Å². The minimum absolute atomic E-state index is 0.0370. The highest BCUT2D eigenvalue weighted by Gasteiger charge is 2.33. The molecule has 2 N–H and O–H groups in total. The molecule has 21 heavy (non-hydrogen) atoms. The number of ether oxygens (including phenoxy) is 1. The third-order valence-corrected chi connectivity index (χ3v) is 2.58. The van der Waals surface area contributed by atoms with Crippen molar-refractivity contribution >= 4 is 17.5 Å². The number of rotatable bonds is 4. The lowest BCUT2D eigenvalue weighted by Crippen LogP contribution is -2.12. The predicted molar refractivity (Wildman–Crippen MR) is 72.9 cm³/mol. The van der Waals surface area contributed by atoms with Crippen molar-refractivity contribution in [3.8, 4) is 5.75 Å². The highest BCUT2D eigenvalue weighted by molar-refractivity contribution is 5.59. The van der Waals surface area contributed by atoms with Crippen LogP contribution in [0.5, 0.6) is 5.75 Å². The summed E-state index contributed by atoms with van der Waals surface area (Å²) in [4.78, 5) is 7.33. The van der Waals surface area contributed by atoms with Crippen LogP contribution in [0.4, 0.5) is 30.6 Å². The molecular weight excluding hydrogens is 285 g/mol. The summed E-state index contributed by atoms with van der Waals surface area (Å²) in [6.45, 7) is 0. The summed E-state index contributed by atoms with van der Waals surface area (Å²) >= 11 is 0. The van der Waals surface area contributed by atoms with Crippen molar-refractivity contribution in [3.05, 3.63) is 36.0 Å². The molecular formula is C13H13F3N4O. The van der Waals surface area contributed by atoms with Crippen LogP contribution in [0.3, 0.4) is 0 Å². The van der Waals surface area contributed by atoms with Gasteiger partial charge in [0.1, 0.15) is 11.6 Å². The Morgan fingerprint density at radius 3 is 2.52 bits per heavy atom. The van der Waals surface area contributed by atoms with Crippen LogP contribution in [0.25, 0.3) is 0 Å². The van der Waals surface area contributed by atoms with Gasteiger partial charge in [-0.1, -0.05) is 6.07 Å². The lowest BCUT2D eigenvalue weighted by atomic mass is 10.3. The van der Waals surface area contributed by atoms with Gasteiger partial charge >= 0.3 is 6.18 Å². The van der Waals surface area contributed by atoms with E-state index in [1.54, 1.807) is 24.3 Å². The number of hydrogen-bond acceptors (Lipinski definition) is 5. The molecule has 5 nitrogen and oxygen atoms in total. The van der Waals surface area contributed by atoms with Crippen LogP contribution < -0.4 is 15.4 Å². The molecule has 0 aliphatic heterocycles. The normalized spacial score (nSPS) is 11.1. The van der Waals surface area contributed by atoms with Gasteiger partial charge in [0.15, 0.2) is 5.69 Å². The Bertz CT molecular complexity index is 631. The van der Waals surface area contributed by atoms with Gasteiger partial charge in [0.2, 0.25) is 5.95 Å². The van der Waals surface area contributed by atoms with Gasteiger partial charge in [0.05, 0.1) is 7.11 Å². The van der Waals surface area contributed by atoms with E-state index in [2.05, 4.69) is 20.6 Å². The van der Waals surface area contributed by atoms with Crippen LogP contribution in [0.15, 0.2) is 30.3 Å². The average molecular weight is 298 g/mol. The molecule has 0 saturated heterocycles. The van der Waals surface area contributed by atoms with Crippen LogP contribution in [0, 0.1) is 0 Å². The fraction of sp³-hybridized carbons (Fsp3) is 0.231. The molecule has 1 heterocycles. The molecule has 112 valence electrons. The van der Waals surface area contributed by atoms with Crippen molar-refractivity contribution in [2.75, 3.05) is 24.8 Å². The lowest BCUT2D eigenvalue weighted by molar-refractivity contribution is -0.141. The Morgan fingerprint density at radius 2 is 1.90 bits per heavy atom. The molecule has 0 saturated carbocycles. The highest BCUT2D eigenvalue weighted by Crippen LogP contribution is 2.30. The molecule has 0 atom stereocenters.